The van der Waals surface area contributed by atoms with Gasteiger partial charge in [-0.2, -0.15) is 0 Å². The smallest absolute Gasteiger partial charge is 0.321 e. The number of urea groups is 1. The van der Waals surface area contributed by atoms with Crippen molar-refractivity contribution in [1.82, 2.24) is 9.47 Å². The van der Waals surface area contributed by atoms with E-state index < -0.39 is 29.3 Å². The molecule has 0 bridgehead atoms. The highest BCUT2D eigenvalue weighted by molar-refractivity contribution is 6.31. The van der Waals surface area contributed by atoms with Crippen LogP contribution in [0, 0.1) is 11.6 Å². The third-order valence-electron chi connectivity index (χ3n) is 4.71. The summed E-state index contributed by atoms with van der Waals surface area (Å²) >= 11 is 5.74. The van der Waals surface area contributed by atoms with Crippen LogP contribution in [0.3, 0.4) is 0 Å². The predicted octanol–water partition coefficient (Wildman–Crippen LogP) is 4.70. The number of aryl methyl sites for hydroxylation is 1. The van der Waals surface area contributed by atoms with Crippen LogP contribution in [0.4, 0.5) is 19.3 Å². The molecular weight excluding hydrogens is 388 g/mol. The maximum atomic E-state index is 14.2. The van der Waals surface area contributed by atoms with E-state index in [1.54, 1.807) is 26.2 Å². The minimum atomic E-state index is -0.611. The Morgan fingerprint density at radius 3 is 2.61 bits per heavy atom. The predicted molar refractivity (Wildman–Crippen MR) is 106 cm³/mol. The number of pyridine rings is 1. The van der Waals surface area contributed by atoms with Crippen molar-refractivity contribution in [2.24, 2.45) is 7.05 Å². The van der Waals surface area contributed by atoms with Crippen LogP contribution < -0.4 is 10.9 Å². The number of carbonyl (C=O) groups is 1. The highest BCUT2D eigenvalue weighted by Gasteiger charge is 2.22. The van der Waals surface area contributed by atoms with Crippen molar-refractivity contribution < 1.29 is 13.6 Å². The van der Waals surface area contributed by atoms with Gasteiger partial charge in [-0.25, -0.2) is 13.6 Å². The molecule has 3 aromatic rings. The number of carbonyl (C=O) groups excluding carboxylic acids is 1. The summed E-state index contributed by atoms with van der Waals surface area (Å²) in [6.45, 7) is 1.77. The number of hydrogen-bond acceptors (Lipinski definition) is 2. The zero-order chi connectivity index (χ0) is 20.6. The number of hydrogen-bond donors (Lipinski definition) is 1. The molecular formula is C20H18ClF2N3O2. The first kappa shape index (κ1) is 19.8. The Kier molecular flexibility index (Phi) is 5.38. The topological polar surface area (TPSA) is 54.3 Å². The Morgan fingerprint density at radius 1 is 1.21 bits per heavy atom. The minimum Gasteiger partial charge on any atom is -0.321 e. The normalized spacial score (nSPS) is 12.1. The van der Waals surface area contributed by atoms with Gasteiger partial charge in [-0.3, -0.25) is 4.79 Å². The summed E-state index contributed by atoms with van der Waals surface area (Å²) in [6.07, 6.45) is 1.59. The fourth-order valence-electron chi connectivity index (χ4n) is 3.00. The number of nitrogens with one attached hydrogen (secondary N) is 1. The lowest BCUT2D eigenvalue weighted by Crippen LogP contribution is -2.34. The fourth-order valence-corrected chi connectivity index (χ4v) is 3.18. The summed E-state index contributed by atoms with van der Waals surface area (Å²) in [5.74, 6) is -1.19. The molecule has 0 unspecified atom stereocenters. The van der Waals surface area contributed by atoms with Gasteiger partial charge in [-0.1, -0.05) is 23.7 Å². The summed E-state index contributed by atoms with van der Waals surface area (Å²) in [6, 6.07) is 7.32. The maximum absolute atomic E-state index is 14.2. The molecule has 1 aromatic heterocycles. The Hall–Kier alpha value is -2.93. The first-order valence-corrected chi connectivity index (χ1v) is 8.85. The monoisotopic (exact) mass is 405 g/mol. The van der Waals surface area contributed by atoms with Crippen LogP contribution in [0.2, 0.25) is 5.02 Å². The lowest BCUT2D eigenvalue weighted by Gasteiger charge is -2.27. The zero-order valence-corrected chi connectivity index (χ0v) is 16.2. The number of aromatic nitrogens is 1. The van der Waals surface area contributed by atoms with Crippen molar-refractivity contribution in [2.45, 2.75) is 13.0 Å². The standard InChI is InChI=1S/C20H18ClF2N3O2/c1-11(26(3)20(28)24-12-7-8-16(22)15(21)9-12)14-10-25(2)19(27)18-13(14)5-4-6-17(18)23/h4-11H,1-3H3,(H,24,28)/t11-/m0/s1. The van der Waals surface area contributed by atoms with Gasteiger partial charge in [0.25, 0.3) is 5.56 Å². The molecule has 1 heterocycles. The third-order valence-corrected chi connectivity index (χ3v) is 5.00. The molecule has 0 aliphatic rings. The molecule has 0 saturated heterocycles. The van der Waals surface area contributed by atoms with Crippen molar-refractivity contribution in [1.29, 1.82) is 0 Å². The molecule has 0 spiro atoms. The molecule has 28 heavy (non-hydrogen) atoms. The van der Waals surface area contributed by atoms with Crippen molar-refractivity contribution in [3.63, 3.8) is 0 Å². The molecule has 3 rings (SSSR count). The van der Waals surface area contributed by atoms with E-state index in [0.717, 1.165) is 6.07 Å². The number of rotatable bonds is 3. The molecule has 0 radical (unpaired) electrons. The summed E-state index contributed by atoms with van der Waals surface area (Å²) in [7, 11) is 3.10. The lowest BCUT2D eigenvalue weighted by atomic mass is 10.0. The average Bonchev–Trinajstić information content (AvgIpc) is 2.66. The van der Waals surface area contributed by atoms with E-state index in [-0.39, 0.29) is 10.4 Å². The number of nitrogens with zero attached hydrogens (tertiary/aromatic N) is 2. The van der Waals surface area contributed by atoms with Gasteiger partial charge in [0, 0.05) is 26.0 Å². The van der Waals surface area contributed by atoms with E-state index in [2.05, 4.69) is 5.32 Å². The van der Waals surface area contributed by atoms with Crippen LogP contribution in [-0.2, 0) is 7.05 Å². The molecule has 0 saturated carbocycles. The Labute approximate surface area is 165 Å². The highest BCUT2D eigenvalue weighted by Crippen LogP contribution is 2.27. The maximum Gasteiger partial charge on any atom is 0.322 e. The summed E-state index contributed by atoms with van der Waals surface area (Å²) in [5.41, 5.74) is 0.510. The minimum absolute atomic E-state index is 0.0199. The fraction of sp³-hybridized carbons (Fsp3) is 0.200. The van der Waals surface area contributed by atoms with Crippen molar-refractivity contribution in [2.75, 3.05) is 12.4 Å². The molecule has 0 fully saturated rings. The van der Waals surface area contributed by atoms with Crippen molar-refractivity contribution >= 4 is 34.1 Å². The molecule has 2 amide bonds. The van der Waals surface area contributed by atoms with Gasteiger partial charge in [-0.05, 0) is 42.1 Å². The second-order valence-corrected chi connectivity index (χ2v) is 6.92. The van der Waals surface area contributed by atoms with Crippen LogP contribution in [0.25, 0.3) is 10.8 Å². The molecule has 146 valence electrons. The molecule has 5 nitrogen and oxygen atoms in total. The average molecular weight is 406 g/mol. The Balaban J connectivity index is 1.95. The second kappa shape index (κ2) is 7.59. The zero-order valence-electron chi connectivity index (χ0n) is 15.5. The molecule has 0 aliphatic carbocycles. The van der Waals surface area contributed by atoms with Crippen molar-refractivity contribution in [3.05, 3.63) is 75.2 Å². The number of halogens is 3. The number of anilines is 1. The molecule has 1 N–H and O–H groups in total. The van der Waals surface area contributed by atoms with E-state index in [1.165, 1.54) is 40.8 Å². The van der Waals surface area contributed by atoms with Crippen LogP contribution in [0.5, 0.6) is 0 Å². The van der Waals surface area contributed by atoms with E-state index in [9.17, 15) is 18.4 Å². The molecule has 2 aromatic carbocycles. The third kappa shape index (κ3) is 3.57. The van der Waals surface area contributed by atoms with Crippen LogP contribution in [0.1, 0.15) is 18.5 Å². The number of fused-ring (bicyclic) bond motifs is 1. The quantitative estimate of drug-likeness (QED) is 0.687. The Bertz CT molecular complexity index is 1130. The summed E-state index contributed by atoms with van der Waals surface area (Å²) < 4.78 is 28.8. The number of benzene rings is 2. The van der Waals surface area contributed by atoms with Gasteiger partial charge in [-0.15, -0.1) is 0 Å². The second-order valence-electron chi connectivity index (χ2n) is 6.51. The summed E-state index contributed by atoms with van der Waals surface area (Å²) in [4.78, 5) is 26.3. The lowest BCUT2D eigenvalue weighted by molar-refractivity contribution is 0.208. The van der Waals surface area contributed by atoms with Crippen LogP contribution in [0.15, 0.2) is 47.4 Å². The van der Waals surface area contributed by atoms with Gasteiger partial charge in [0.1, 0.15) is 11.6 Å². The van der Waals surface area contributed by atoms with E-state index in [0.29, 0.717) is 16.6 Å². The largest absolute Gasteiger partial charge is 0.322 e. The number of amides is 2. The highest BCUT2D eigenvalue weighted by atomic mass is 35.5. The van der Waals surface area contributed by atoms with Gasteiger partial charge in [0.05, 0.1) is 16.5 Å². The van der Waals surface area contributed by atoms with E-state index in [1.807, 2.05) is 0 Å². The van der Waals surface area contributed by atoms with Gasteiger partial charge in [0.2, 0.25) is 0 Å². The van der Waals surface area contributed by atoms with Crippen LogP contribution in [-0.4, -0.2) is 22.5 Å². The van der Waals surface area contributed by atoms with Crippen molar-refractivity contribution in [3.8, 4) is 0 Å². The van der Waals surface area contributed by atoms with E-state index >= 15 is 0 Å². The van der Waals surface area contributed by atoms with Crippen LogP contribution >= 0.6 is 11.6 Å². The van der Waals surface area contributed by atoms with Gasteiger partial charge < -0.3 is 14.8 Å². The molecule has 1 atom stereocenters. The van der Waals surface area contributed by atoms with Gasteiger partial charge >= 0.3 is 6.03 Å². The molecule has 8 heteroatoms. The Morgan fingerprint density at radius 2 is 1.93 bits per heavy atom. The summed E-state index contributed by atoms with van der Waals surface area (Å²) in [5, 5.41) is 2.96. The van der Waals surface area contributed by atoms with E-state index in [4.69, 9.17) is 11.6 Å². The van der Waals surface area contributed by atoms with Gasteiger partial charge in [0.15, 0.2) is 0 Å². The molecule has 0 aliphatic heterocycles. The first-order chi connectivity index (χ1) is 13.2. The SMILES string of the molecule is C[C@@H](c1cn(C)c(=O)c2c(F)cccc12)N(C)C(=O)Nc1ccc(F)c(Cl)c1. The first-order valence-electron chi connectivity index (χ1n) is 8.47.